The smallest absolute Gasteiger partial charge is 0.0842 e. The molecule has 0 radical (unpaired) electrons. The van der Waals surface area contributed by atoms with E-state index in [0.29, 0.717) is 15.7 Å². The van der Waals surface area contributed by atoms with Crippen molar-refractivity contribution in [3.63, 3.8) is 0 Å². The van der Waals surface area contributed by atoms with Crippen molar-refractivity contribution in [3.8, 4) is 0 Å². The van der Waals surface area contributed by atoms with Crippen LogP contribution < -0.4 is 4.91 Å². The molecule has 1 aromatic carbocycles. The quantitative estimate of drug-likeness (QED) is 0.521. The van der Waals surface area contributed by atoms with Crippen LogP contribution in [0.25, 0.3) is 0 Å². The predicted octanol–water partition coefficient (Wildman–Crippen LogP) is 3.18. The molecule has 1 N–H and O–H groups in total. The fourth-order valence-corrected chi connectivity index (χ4v) is 1.17. The Morgan fingerprint density at radius 3 is 2.18 bits per heavy atom. The van der Waals surface area contributed by atoms with Crippen LogP contribution in [0.4, 0.5) is 5.69 Å². The fourth-order valence-electron chi connectivity index (χ4n) is 0.655. The number of rotatable bonds is 1. The van der Waals surface area contributed by atoms with Gasteiger partial charge < -0.3 is 0 Å². The summed E-state index contributed by atoms with van der Waals surface area (Å²) in [6, 6.07) is 4.74. The lowest BCUT2D eigenvalue weighted by atomic mass is 10.3. The number of hydrogen-bond acceptors (Lipinski definition) is 2. The van der Waals surface area contributed by atoms with Crippen molar-refractivity contribution in [2.75, 3.05) is 0 Å². The zero-order valence-corrected chi connectivity index (χ0v) is 6.89. The van der Waals surface area contributed by atoms with Crippen molar-refractivity contribution in [1.82, 2.24) is 4.91 Å². The van der Waals surface area contributed by atoms with Crippen LogP contribution in [0.2, 0.25) is 10.0 Å². The molecule has 0 saturated heterocycles. The number of nitrogens with zero attached hydrogens (tertiary/aromatic N) is 2. The first-order chi connectivity index (χ1) is 5.22. The zero-order valence-electron chi connectivity index (χ0n) is 5.38. The van der Waals surface area contributed by atoms with Gasteiger partial charge >= 0.3 is 0 Å². The normalized spacial score (nSPS) is 8.91. The van der Waals surface area contributed by atoms with E-state index in [9.17, 15) is 0 Å². The Labute approximate surface area is 73.2 Å². The molecular formula is C6H4Cl2N3+. The molecule has 0 atom stereocenters. The van der Waals surface area contributed by atoms with Crippen LogP contribution in [0.1, 0.15) is 0 Å². The summed E-state index contributed by atoms with van der Waals surface area (Å²) in [6.45, 7) is 0. The van der Waals surface area contributed by atoms with Gasteiger partial charge in [-0.25, -0.2) is 0 Å². The number of nitrogens with one attached hydrogen (secondary N) is 1. The molecule has 0 unspecified atom stereocenters. The van der Waals surface area contributed by atoms with Crippen LogP contribution in [0.3, 0.4) is 0 Å². The van der Waals surface area contributed by atoms with Crippen molar-refractivity contribution in [2.24, 2.45) is 5.11 Å². The van der Waals surface area contributed by atoms with Crippen LogP contribution in [0.15, 0.2) is 23.3 Å². The van der Waals surface area contributed by atoms with E-state index in [1.165, 1.54) is 0 Å². The van der Waals surface area contributed by atoms with Gasteiger partial charge in [-0.3, -0.25) is 0 Å². The molecule has 0 amide bonds. The van der Waals surface area contributed by atoms with Gasteiger partial charge in [0.15, 0.2) is 10.8 Å². The highest BCUT2D eigenvalue weighted by atomic mass is 35.5. The zero-order chi connectivity index (χ0) is 8.27. The van der Waals surface area contributed by atoms with Gasteiger partial charge in [0.05, 0.1) is 0 Å². The summed E-state index contributed by atoms with van der Waals surface area (Å²) in [5.74, 6) is 0. The van der Waals surface area contributed by atoms with Crippen LogP contribution in [0.5, 0.6) is 0 Å². The molecule has 0 aliphatic carbocycles. The minimum atomic E-state index is 0.484. The van der Waals surface area contributed by atoms with Gasteiger partial charge in [0.1, 0.15) is 5.53 Å². The maximum absolute atomic E-state index is 6.45. The van der Waals surface area contributed by atoms with Gasteiger partial charge in [-0.15, -0.1) is 0 Å². The predicted molar refractivity (Wildman–Crippen MR) is 43.4 cm³/mol. The minimum absolute atomic E-state index is 0.484. The molecule has 56 valence electrons. The molecular weight excluding hydrogens is 185 g/mol. The fraction of sp³-hybridized carbons (Fsp3) is 0. The Kier molecular flexibility index (Phi) is 2.60. The second kappa shape index (κ2) is 3.49. The molecule has 0 spiro atoms. The van der Waals surface area contributed by atoms with Gasteiger partial charge in [-0.1, -0.05) is 23.2 Å². The third-order valence-corrected chi connectivity index (χ3v) is 1.45. The molecule has 1 rings (SSSR count). The maximum Gasteiger partial charge on any atom is 0.220 e. The summed E-state index contributed by atoms with van der Waals surface area (Å²) in [6.07, 6.45) is 0. The first-order valence-electron chi connectivity index (χ1n) is 2.76. The SMILES string of the molecule is N=[N+]=Nc1cc(Cl)cc(Cl)c1. The van der Waals surface area contributed by atoms with Crippen molar-refractivity contribution in [3.05, 3.63) is 28.2 Å². The van der Waals surface area contributed by atoms with E-state index in [1.807, 2.05) is 0 Å². The lowest BCUT2D eigenvalue weighted by Gasteiger charge is -1.89. The minimum Gasteiger partial charge on any atom is -0.0842 e. The highest BCUT2D eigenvalue weighted by Gasteiger charge is 1.99. The van der Waals surface area contributed by atoms with Crippen molar-refractivity contribution in [1.29, 1.82) is 5.53 Å². The molecule has 1 aromatic rings. The largest absolute Gasteiger partial charge is 0.220 e. The molecule has 0 aliphatic rings. The topological polar surface area (TPSA) is 50.3 Å². The average Bonchev–Trinajstić information content (AvgIpc) is 1.85. The average molecular weight is 189 g/mol. The van der Waals surface area contributed by atoms with E-state index < -0.39 is 0 Å². The van der Waals surface area contributed by atoms with Gasteiger partial charge in [0.25, 0.3) is 0 Å². The Morgan fingerprint density at radius 1 is 1.18 bits per heavy atom. The molecule has 5 heteroatoms. The Hall–Kier alpha value is -0.890. The second-order valence-corrected chi connectivity index (χ2v) is 2.70. The van der Waals surface area contributed by atoms with Gasteiger partial charge in [-0.2, -0.15) is 0 Å². The summed E-state index contributed by atoms with van der Waals surface area (Å²) >= 11 is 11.3. The molecule has 11 heavy (non-hydrogen) atoms. The molecule has 0 fully saturated rings. The van der Waals surface area contributed by atoms with Gasteiger partial charge in [-0.05, 0) is 18.2 Å². The summed E-state index contributed by atoms with van der Waals surface area (Å²) in [5.41, 5.74) is 6.94. The van der Waals surface area contributed by atoms with Crippen LogP contribution >= 0.6 is 23.2 Å². The number of benzene rings is 1. The monoisotopic (exact) mass is 188 g/mol. The Balaban J connectivity index is 3.18. The molecule has 0 aliphatic heterocycles. The molecule has 0 heterocycles. The van der Waals surface area contributed by atoms with Crippen molar-refractivity contribution in [2.45, 2.75) is 0 Å². The van der Waals surface area contributed by atoms with Crippen LogP contribution in [0, 0.1) is 5.53 Å². The van der Waals surface area contributed by atoms with E-state index >= 15 is 0 Å². The highest BCUT2D eigenvalue weighted by molar-refractivity contribution is 6.35. The third kappa shape index (κ3) is 2.31. The summed E-state index contributed by atoms with van der Waals surface area (Å²) in [7, 11) is 0. The molecule has 3 nitrogen and oxygen atoms in total. The van der Waals surface area contributed by atoms with Crippen LogP contribution in [-0.2, 0) is 0 Å². The molecule has 0 aromatic heterocycles. The van der Waals surface area contributed by atoms with Crippen molar-refractivity contribution >= 4 is 28.9 Å². The summed E-state index contributed by atoms with van der Waals surface area (Å²) in [5, 5.41) is 4.42. The van der Waals surface area contributed by atoms with E-state index in [0.717, 1.165) is 0 Å². The molecule has 0 bridgehead atoms. The van der Waals surface area contributed by atoms with E-state index in [-0.39, 0.29) is 0 Å². The lowest BCUT2D eigenvalue weighted by Crippen LogP contribution is -1.67. The van der Waals surface area contributed by atoms with Gasteiger partial charge in [0, 0.05) is 10.0 Å². The molecule has 0 saturated carbocycles. The van der Waals surface area contributed by atoms with E-state index in [2.05, 4.69) is 10.0 Å². The first kappa shape index (κ1) is 8.21. The van der Waals surface area contributed by atoms with Gasteiger partial charge in [0.2, 0.25) is 4.91 Å². The third-order valence-electron chi connectivity index (χ3n) is 1.01. The second-order valence-electron chi connectivity index (χ2n) is 1.83. The van der Waals surface area contributed by atoms with E-state index in [4.69, 9.17) is 28.7 Å². The Morgan fingerprint density at radius 2 is 1.73 bits per heavy atom. The van der Waals surface area contributed by atoms with Crippen LogP contribution in [-0.4, -0.2) is 0 Å². The Bertz CT molecular complexity index is 297. The summed E-state index contributed by atoms with van der Waals surface area (Å²) < 4.78 is 0. The van der Waals surface area contributed by atoms with E-state index in [1.54, 1.807) is 18.2 Å². The number of halogens is 2. The highest BCUT2D eigenvalue weighted by Crippen LogP contribution is 2.23. The lowest BCUT2D eigenvalue weighted by molar-refractivity contribution is 0.992. The standard InChI is InChI=1S/C6H4Cl2N3/c7-4-1-5(8)3-6(2-4)10-11-9/h1-3,9H/q+1. The number of hydrogen-bond donors (Lipinski definition) is 1. The first-order valence-corrected chi connectivity index (χ1v) is 3.51. The van der Waals surface area contributed by atoms with Crippen molar-refractivity contribution < 1.29 is 0 Å². The maximum atomic E-state index is 6.45. The summed E-state index contributed by atoms with van der Waals surface area (Å²) in [4.78, 5) is 2.85.